The van der Waals surface area contributed by atoms with Crippen LogP contribution < -0.4 is 4.72 Å². The number of nitrogens with zero attached hydrogens (tertiary/aromatic N) is 2. The number of rotatable bonds is 3. The molecule has 0 aliphatic heterocycles. The minimum Gasteiger partial charge on any atom is -0.358 e. The van der Waals surface area contributed by atoms with Crippen LogP contribution in [-0.4, -0.2) is 9.97 Å². The van der Waals surface area contributed by atoms with E-state index in [4.69, 9.17) is 5.26 Å². The van der Waals surface area contributed by atoms with Crippen LogP contribution in [-0.2, 0) is 0 Å². The summed E-state index contributed by atoms with van der Waals surface area (Å²) in [6.45, 7) is 2.01. The van der Waals surface area contributed by atoms with Crippen LogP contribution in [0.1, 0.15) is 11.1 Å². The van der Waals surface area contributed by atoms with Crippen molar-refractivity contribution >= 4 is 55.8 Å². The molecule has 2 heterocycles. The Balaban J connectivity index is 1.94. The summed E-state index contributed by atoms with van der Waals surface area (Å²) in [5.41, 5.74) is 3.65. The van der Waals surface area contributed by atoms with E-state index in [9.17, 15) is 0 Å². The first-order valence-corrected chi connectivity index (χ1v) is 8.16. The van der Waals surface area contributed by atoms with E-state index >= 15 is 0 Å². The molecule has 0 amide bonds. The predicted molar refractivity (Wildman–Crippen MR) is 87.0 cm³/mol. The van der Waals surface area contributed by atoms with Crippen molar-refractivity contribution in [3.63, 3.8) is 0 Å². The number of aromatic nitrogens is 2. The number of nitriles is 1. The number of fused-ring (bicyclic) bond motifs is 1. The summed E-state index contributed by atoms with van der Waals surface area (Å²) < 4.78 is 5.22. The fourth-order valence-electron chi connectivity index (χ4n) is 1.98. The minimum atomic E-state index is 0.670. The van der Waals surface area contributed by atoms with Crippen molar-refractivity contribution in [3.05, 3.63) is 39.4 Å². The van der Waals surface area contributed by atoms with Crippen LogP contribution >= 0.6 is 39.2 Å². The largest absolute Gasteiger partial charge is 0.358 e. The molecule has 0 aliphatic rings. The first-order chi connectivity index (χ1) is 9.69. The lowest BCUT2D eigenvalue weighted by atomic mass is 10.1. The van der Waals surface area contributed by atoms with Crippen molar-refractivity contribution in [2.45, 2.75) is 11.3 Å². The zero-order valence-electron chi connectivity index (χ0n) is 10.4. The molecule has 0 saturated carbocycles. The number of halogens is 1. The van der Waals surface area contributed by atoms with Gasteiger partial charge in [0.1, 0.15) is 6.07 Å². The van der Waals surface area contributed by atoms with Gasteiger partial charge in [-0.15, -0.1) is 0 Å². The van der Waals surface area contributed by atoms with E-state index < -0.39 is 0 Å². The van der Waals surface area contributed by atoms with Gasteiger partial charge in [-0.25, -0.2) is 4.98 Å². The average molecular weight is 365 g/mol. The molecule has 2 aromatic heterocycles. The van der Waals surface area contributed by atoms with E-state index in [2.05, 4.69) is 36.7 Å². The topological polar surface area (TPSA) is 64.5 Å². The first-order valence-electron chi connectivity index (χ1n) is 5.74. The van der Waals surface area contributed by atoms with Crippen molar-refractivity contribution < 1.29 is 0 Å². The summed E-state index contributed by atoms with van der Waals surface area (Å²) >= 11 is 6.42. The zero-order chi connectivity index (χ0) is 14.1. The molecule has 0 spiro atoms. The van der Waals surface area contributed by atoms with Crippen LogP contribution in [0.4, 0.5) is 5.69 Å². The lowest BCUT2D eigenvalue weighted by Gasteiger charge is -2.06. The molecule has 0 saturated heterocycles. The second-order valence-electron chi connectivity index (χ2n) is 4.13. The van der Waals surface area contributed by atoms with Crippen molar-refractivity contribution in [2.24, 2.45) is 0 Å². The SMILES string of the molecule is Cc1ccc(NSc2ncc(Br)s2)c2[nH]cc(C#N)c12. The predicted octanol–water partition coefficient (Wildman–Crippen LogP) is 4.69. The quantitative estimate of drug-likeness (QED) is 0.661. The molecule has 3 rings (SSSR count). The zero-order valence-corrected chi connectivity index (χ0v) is 13.6. The normalized spacial score (nSPS) is 10.7. The second-order valence-corrected chi connectivity index (χ2v) is 7.59. The molecule has 3 aromatic rings. The van der Waals surface area contributed by atoms with Gasteiger partial charge in [0.25, 0.3) is 0 Å². The number of nitrogens with one attached hydrogen (secondary N) is 2. The number of H-pyrrole nitrogens is 1. The standard InChI is InChI=1S/C13H9BrN4S2/c1-7-2-3-9(12-11(7)8(4-15)5-16-12)18-20-13-17-6-10(14)19-13/h2-3,5-6,16,18H,1H3. The molecular weight excluding hydrogens is 356 g/mol. The smallest absolute Gasteiger partial charge is 0.171 e. The van der Waals surface area contributed by atoms with E-state index in [0.29, 0.717) is 5.56 Å². The Morgan fingerprint density at radius 1 is 1.50 bits per heavy atom. The second kappa shape index (κ2) is 5.48. The van der Waals surface area contributed by atoms with Crippen LogP contribution in [0.5, 0.6) is 0 Å². The van der Waals surface area contributed by atoms with Crippen LogP contribution in [0.15, 0.2) is 32.7 Å². The summed E-state index contributed by atoms with van der Waals surface area (Å²) in [5, 5.41) is 10.1. The molecule has 20 heavy (non-hydrogen) atoms. The summed E-state index contributed by atoms with van der Waals surface area (Å²) in [7, 11) is 0. The Morgan fingerprint density at radius 2 is 2.35 bits per heavy atom. The number of hydrogen-bond donors (Lipinski definition) is 2. The van der Waals surface area contributed by atoms with Crippen LogP contribution in [0.2, 0.25) is 0 Å². The molecule has 2 N–H and O–H groups in total. The van der Waals surface area contributed by atoms with Gasteiger partial charge in [-0.2, -0.15) is 5.26 Å². The number of hydrogen-bond acceptors (Lipinski definition) is 5. The molecular formula is C13H9BrN4S2. The molecule has 0 aliphatic carbocycles. The Kier molecular flexibility index (Phi) is 3.70. The summed E-state index contributed by atoms with van der Waals surface area (Å²) in [6, 6.07) is 6.23. The first kappa shape index (κ1) is 13.5. The molecule has 0 fully saturated rings. The monoisotopic (exact) mass is 364 g/mol. The Hall–Kier alpha value is -1.49. The molecule has 7 heteroatoms. The van der Waals surface area contributed by atoms with Gasteiger partial charge in [-0.1, -0.05) is 17.4 Å². The van der Waals surface area contributed by atoms with Crippen molar-refractivity contribution in [2.75, 3.05) is 4.72 Å². The van der Waals surface area contributed by atoms with Gasteiger partial charge >= 0.3 is 0 Å². The highest BCUT2D eigenvalue weighted by Gasteiger charge is 2.10. The van der Waals surface area contributed by atoms with Gasteiger partial charge in [-0.05, 0) is 34.5 Å². The third-order valence-corrected chi connectivity index (χ3v) is 5.24. The maximum absolute atomic E-state index is 9.14. The Labute approximate surface area is 132 Å². The molecule has 100 valence electrons. The Morgan fingerprint density at radius 3 is 3.05 bits per heavy atom. The molecule has 0 unspecified atom stereocenters. The van der Waals surface area contributed by atoms with Crippen molar-refractivity contribution in [1.29, 1.82) is 5.26 Å². The van der Waals surface area contributed by atoms with E-state index in [1.54, 1.807) is 23.7 Å². The third kappa shape index (κ3) is 2.42. The van der Waals surface area contributed by atoms with Gasteiger partial charge in [-0.3, -0.25) is 0 Å². The van der Waals surface area contributed by atoms with E-state index in [1.807, 2.05) is 19.1 Å². The highest BCUT2D eigenvalue weighted by atomic mass is 79.9. The number of benzene rings is 1. The third-order valence-electron chi connectivity index (χ3n) is 2.87. The van der Waals surface area contributed by atoms with Gasteiger partial charge in [0.05, 0.1) is 26.8 Å². The van der Waals surface area contributed by atoms with Crippen molar-refractivity contribution in [3.8, 4) is 6.07 Å². The summed E-state index contributed by atoms with van der Waals surface area (Å²) in [4.78, 5) is 7.42. The highest BCUT2D eigenvalue weighted by molar-refractivity contribution is 9.11. The fourth-order valence-corrected chi connectivity index (χ4v) is 4.27. The lowest BCUT2D eigenvalue weighted by molar-refractivity contribution is 1.25. The minimum absolute atomic E-state index is 0.670. The molecule has 0 atom stereocenters. The number of aromatic amines is 1. The Bertz CT molecular complexity index is 815. The van der Waals surface area contributed by atoms with Gasteiger partial charge in [0.2, 0.25) is 0 Å². The molecule has 0 bridgehead atoms. The highest BCUT2D eigenvalue weighted by Crippen LogP contribution is 2.33. The van der Waals surface area contributed by atoms with Gasteiger partial charge in [0, 0.05) is 23.5 Å². The van der Waals surface area contributed by atoms with Crippen LogP contribution in [0, 0.1) is 18.3 Å². The summed E-state index contributed by atoms with van der Waals surface area (Å²) in [5.74, 6) is 0. The summed E-state index contributed by atoms with van der Waals surface area (Å²) in [6.07, 6.45) is 3.52. The number of anilines is 1. The molecule has 4 nitrogen and oxygen atoms in total. The number of thiazole rings is 1. The lowest BCUT2D eigenvalue weighted by Crippen LogP contribution is -1.89. The number of aryl methyl sites for hydroxylation is 1. The van der Waals surface area contributed by atoms with Gasteiger partial charge < -0.3 is 9.71 Å². The van der Waals surface area contributed by atoms with E-state index in [-0.39, 0.29) is 0 Å². The van der Waals surface area contributed by atoms with E-state index in [0.717, 1.165) is 30.3 Å². The van der Waals surface area contributed by atoms with Crippen LogP contribution in [0.25, 0.3) is 10.9 Å². The fraction of sp³-hybridized carbons (Fsp3) is 0.0769. The van der Waals surface area contributed by atoms with Gasteiger partial charge in [0.15, 0.2) is 4.34 Å². The molecule has 0 radical (unpaired) electrons. The molecule has 1 aromatic carbocycles. The van der Waals surface area contributed by atoms with E-state index in [1.165, 1.54) is 11.9 Å². The maximum Gasteiger partial charge on any atom is 0.171 e. The maximum atomic E-state index is 9.14. The van der Waals surface area contributed by atoms with Crippen molar-refractivity contribution in [1.82, 2.24) is 9.97 Å². The average Bonchev–Trinajstić information content (AvgIpc) is 3.05. The van der Waals surface area contributed by atoms with Crippen LogP contribution in [0.3, 0.4) is 0 Å².